The second kappa shape index (κ2) is 5.79. The number of nitrogens with zero attached hydrogens (tertiary/aromatic N) is 3. The summed E-state index contributed by atoms with van der Waals surface area (Å²) in [6.07, 6.45) is 2.36. The van der Waals surface area contributed by atoms with Gasteiger partial charge in [0.2, 0.25) is 0 Å². The molecular weight excluding hydrogens is 247 g/mol. The highest BCUT2D eigenvalue weighted by Gasteiger charge is 2.07. The molecule has 2 rings (SSSR count). The molecule has 5 nitrogen and oxygen atoms in total. The molecule has 0 radical (unpaired) electrons. The van der Waals surface area contributed by atoms with E-state index in [-0.39, 0.29) is 24.2 Å². The first-order chi connectivity index (χ1) is 9.04. The smallest absolute Gasteiger partial charge is 0.165 e. The zero-order chi connectivity index (χ0) is 13.8. The zero-order valence-electron chi connectivity index (χ0n) is 11.0. The van der Waals surface area contributed by atoms with E-state index in [9.17, 15) is 4.39 Å². The predicted molar refractivity (Wildman–Crippen MR) is 69.1 cm³/mol. The quantitative estimate of drug-likeness (QED) is 0.887. The van der Waals surface area contributed by atoms with E-state index in [1.165, 1.54) is 6.07 Å². The first kappa shape index (κ1) is 13.5. The first-order valence-electron chi connectivity index (χ1n) is 6.06. The molecule has 1 aromatic heterocycles. The Morgan fingerprint density at radius 1 is 1.47 bits per heavy atom. The van der Waals surface area contributed by atoms with Crippen LogP contribution < -0.4 is 10.5 Å². The number of ether oxygens (including phenoxy) is 1. The van der Waals surface area contributed by atoms with Crippen LogP contribution in [0.4, 0.5) is 4.39 Å². The normalized spacial score (nSPS) is 12.4. The maximum atomic E-state index is 13.8. The van der Waals surface area contributed by atoms with Gasteiger partial charge in [-0.25, -0.2) is 4.39 Å². The summed E-state index contributed by atoms with van der Waals surface area (Å²) < 4.78 is 20.7. The Labute approximate surface area is 111 Å². The molecule has 0 saturated heterocycles. The fourth-order valence-electron chi connectivity index (χ4n) is 1.77. The summed E-state index contributed by atoms with van der Waals surface area (Å²) in [5.41, 5.74) is 7.19. The van der Waals surface area contributed by atoms with Gasteiger partial charge in [-0.05, 0) is 31.0 Å². The molecule has 0 aliphatic rings. The highest BCUT2D eigenvalue weighted by Crippen LogP contribution is 2.20. The van der Waals surface area contributed by atoms with E-state index in [1.54, 1.807) is 24.0 Å². The molecule has 0 bridgehead atoms. The van der Waals surface area contributed by atoms with Crippen LogP contribution >= 0.6 is 0 Å². The maximum Gasteiger partial charge on any atom is 0.165 e. The van der Waals surface area contributed by atoms with Gasteiger partial charge in [0.1, 0.15) is 12.3 Å². The van der Waals surface area contributed by atoms with Crippen molar-refractivity contribution in [2.45, 2.75) is 26.0 Å². The molecule has 0 saturated carbocycles. The number of rotatable bonds is 5. The Hall–Kier alpha value is -1.95. The Morgan fingerprint density at radius 2 is 2.26 bits per heavy atom. The van der Waals surface area contributed by atoms with Crippen molar-refractivity contribution in [3.63, 3.8) is 0 Å². The van der Waals surface area contributed by atoms with Crippen molar-refractivity contribution >= 4 is 0 Å². The molecule has 0 amide bonds. The second-order valence-electron chi connectivity index (χ2n) is 4.62. The number of aryl methyl sites for hydroxylation is 1. The molecule has 1 aromatic carbocycles. The van der Waals surface area contributed by atoms with E-state index >= 15 is 0 Å². The zero-order valence-corrected chi connectivity index (χ0v) is 11.0. The van der Waals surface area contributed by atoms with Crippen molar-refractivity contribution in [3.8, 4) is 5.75 Å². The van der Waals surface area contributed by atoms with Crippen molar-refractivity contribution in [2.24, 2.45) is 12.8 Å². The van der Waals surface area contributed by atoms with Crippen LogP contribution in [0.1, 0.15) is 18.2 Å². The van der Waals surface area contributed by atoms with Crippen LogP contribution in [0.15, 0.2) is 24.4 Å². The van der Waals surface area contributed by atoms with Crippen molar-refractivity contribution in [3.05, 3.63) is 41.5 Å². The van der Waals surface area contributed by atoms with Crippen molar-refractivity contribution in [1.82, 2.24) is 15.0 Å². The number of nitrogens with two attached hydrogens (primary N) is 1. The largest absolute Gasteiger partial charge is 0.484 e. The number of benzene rings is 1. The molecule has 0 spiro atoms. The minimum Gasteiger partial charge on any atom is -0.484 e. The van der Waals surface area contributed by atoms with Gasteiger partial charge in [0.25, 0.3) is 0 Å². The average molecular weight is 264 g/mol. The van der Waals surface area contributed by atoms with Gasteiger partial charge in [-0.2, -0.15) is 0 Å². The Morgan fingerprint density at radius 3 is 2.84 bits per heavy atom. The number of halogens is 1. The molecular formula is C13H17FN4O. The van der Waals surface area contributed by atoms with Crippen molar-refractivity contribution in [2.75, 3.05) is 0 Å². The molecule has 6 heteroatoms. The third kappa shape index (κ3) is 3.75. The minimum absolute atomic E-state index is 0.00533. The lowest BCUT2D eigenvalue weighted by Gasteiger charge is -2.09. The van der Waals surface area contributed by atoms with E-state index in [1.807, 2.05) is 13.0 Å². The van der Waals surface area contributed by atoms with Crippen LogP contribution in [0.3, 0.4) is 0 Å². The number of aromatic nitrogens is 3. The van der Waals surface area contributed by atoms with Crippen LogP contribution in [0, 0.1) is 5.82 Å². The van der Waals surface area contributed by atoms with E-state index in [2.05, 4.69) is 10.3 Å². The highest BCUT2D eigenvalue weighted by atomic mass is 19.1. The minimum atomic E-state index is -0.387. The Balaban J connectivity index is 2.00. The SMILES string of the molecule is CC(N)Cc1ccc(OCc2cn(C)nn2)c(F)c1. The Kier molecular flexibility index (Phi) is 4.11. The molecule has 0 fully saturated rings. The topological polar surface area (TPSA) is 66.0 Å². The highest BCUT2D eigenvalue weighted by molar-refractivity contribution is 5.29. The molecule has 1 atom stereocenters. The van der Waals surface area contributed by atoms with Crippen molar-refractivity contribution < 1.29 is 9.13 Å². The van der Waals surface area contributed by atoms with Gasteiger partial charge in [-0.3, -0.25) is 4.68 Å². The first-order valence-corrected chi connectivity index (χ1v) is 6.06. The lowest BCUT2D eigenvalue weighted by atomic mass is 10.1. The van der Waals surface area contributed by atoms with Gasteiger partial charge in [0.15, 0.2) is 11.6 Å². The average Bonchev–Trinajstić information content (AvgIpc) is 2.73. The fraction of sp³-hybridized carbons (Fsp3) is 0.385. The third-order valence-electron chi connectivity index (χ3n) is 2.58. The van der Waals surface area contributed by atoms with Gasteiger partial charge in [-0.15, -0.1) is 5.10 Å². The van der Waals surface area contributed by atoms with E-state index < -0.39 is 0 Å². The summed E-state index contributed by atoms with van der Waals surface area (Å²) in [6.45, 7) is 2.08. The van der Waals surface area contributed by atoms with Crippen LogP contribution in [-0.4, -0.2) is 21.0 Å². The fourth-order valence-corrected chi connectivity index (χ4v) is 1.77. The molecule has 0 aliphatic heterocycles. The molecule has 1 heterocycles. The second-order valence-corrected chi connectivity index (χ2v) is 4.62. The predicted octanol–water partition coefficient (Wildman–Crippen LogP) is 1.42. The van der Waals surface area contributed by atoms with E-state index in [4.69, 9.17) is 10.5 Å². The van der Waals surface area contributed by atoms with Crippen LogP contribution in [0.25, 0.3) is 0 Å². The molecule has 0 aliphatic carbocycles. The van der Waals surface area contributed by atoms with Crippen LogP contribution in [0.5, 0.6) is 5.75 Å². The van der Waals surface area contributed by atoms with Crippen LogP contribution in [-0.2, 0) is 20.1 Å². The lowest BCUT2D eigenvalue weighted by molar-refractivity contribution is 0.285. The number of hydrogen-bond donors (Lipinski definition) is 1. The van der Waals surface area contributed by atoms with E-state index in [0.29, 0.717) is 12.1 Å². The monoisotopic (exact) mass is 264 g/mol. The van der Waals surface area contributed by atoms with Gasteiger partial charge in [0.05, 0.1) is 6.20 Å². The molecule has 2 aromatic rings. The molecule has 1 unspecified atom stereocenters. The lowest BCUT2D eigenvalue weighted by Crippen LogP contribution is -2.17. The van der Waals surface area contributed by atoms with E-state index in [0.717, 1.165) is 5.56 Å². The summed E-state index contributed by atoms with van der Waals surface area (Å²) >= 11 is 0. The van der Waals surface area contributed by atoms with Gasteiger partial charge in [-0.1, -0.05) is 11.3 Å². The van der Waals surface area contributed by atoms with Crippen molar-refractivity contribution in [1.29, 1.82) is 0 Å². The molecule has 19 heavy (non-hydrogen) atoms. The summed E-state index contributed by atoms with van der Waals surface area (Å²) in [7, 11) is 1.76. The number of hydrogen-bond acceptors (Lipinski definition) is 4. The summed E-state index contributed by atoms with van der Waals surface area (Å²) in [6, 6.07) is 4.89. The summed E-state index contributed by atoms with van der Waals surface area (Å²) in [5, 5.41) is 7.64. The molecule has 2 N–H and O–H groups in total. The van der Waals surface area contributed by atoms with Gasteiger partial charge >= 0.3 is 0 Å². The van der Waals surface area contributed by atoms with Gasteiger partial charge in [0, 0.05) is 13.1 Å². The third-order valence-corrected chi connectivity index (χ3v) is 2.58. The van der Waals surface area contributed by atoms with Crippen LogP contribution in [0.2, 0.25) is 0 Å². The molecule has 102 valence electrons. The standard InChI is InChI=1S/C13H17FN4O/c1-9(15)5-10-3-4-13(12(14)6-10)19-8-11-7-18(2)17-16-11/h3-4,6-7,9H,5,8,15H2,1-2H3. The Bertz CT molecular complexity index is 553. The van der Waals surface area contributed by atoms with Gasteiger partial charge < -0.3 is 10.5 Å². The summed E-state index contributed by atoms with van der Waals surface area (Å²) in [5.74, 6) is -0.180. The summed E-state index contributed by atoms with van der Waals surface area (Å²) in [4.78, 5) is 0. The maximum absolute atomic E-state index is 13.8.